The molecule has 3 aromatic rings. The summed E-state index contributed by atoms with van der Waals surface area (Å²) in [4.78, 5) is 17.4. The van der Waals surface area contributed by atoms with Crippen molar-refractivity contribution in [1.82, 2.24) is 4.57 Å². The van der Waals surface area contributed by atoms with Crippen LogP contribution >= 0.6 is 46.1 Å². The van der Waals surface area contributed by atoms with E-state index in [0.717, 1.165) is 10.2 Å². The van der Waals surface area contributed by atoms with Gasteiger partial charge in [0.05, 0.1) is 26.9 Å². The summed E-state index contributed by atoms with van der Waals surface area (Å²) in [6, 6.07) is 10.3. The number of aromatic nitrogens is 1. The van der Waals surface area contributed by atoms with Crippen molar-refractivity contribution in [3.05, 3.63) is 61.8 Å². The zero-order valence-corrected chi connectivity index (χ0v) is 16.9. The molecule has 0 saturated heterocycles. The molecular weight excluding hydrogens is 415 g/mol. The molecule has 1 amide bonds. The number of carbonyl (C=O) groups excluding carboxylic acids is 1. The van der Waals surface area contributed by atoms with Crippen molar-refractivity contribution in [1.29, 1.82) is 0 Å². The Bertz CT molecular complexity index is 1030. The lowest BCUT2D eigenvalue weighted by Gasteiger charge is -2.07. The van der Waals surface area contributed by atoms with Gasteiger partial charge in [0.2, 0.25) is 0 Å². The molecule has 2 aromatic carbocycles. The van der Waals surface area contributed by atoms with Gasteiger partial charge >= 0.3 is 0 Å². The lowest BCUT2D eigenvalue weighted by Crippen LogP contribution is -2.20. The molecule has 0 N–H and O–H groups in total. The van der Waals surface area contributed by atoms with Crippen LogP contribution in [0, 0.1) is 0 Å². The molecule has 1 aromatic heterocycles. The largest absolute Gasteiger partial charge is 0.380 e. The Morgan fingerprint density at radius 2 is 2.04 bits per heavy atom. The molecule has 0 radical (unpaired) electrons. The standard InChI is InChI=1S/C18H15Cl3N2O2S/c1-2-25-9-8-23-16-14(7-6-13(20)15(16)21)26-18(23)22-17(24)11-4-3-5-12(19)10-11/h3-7,10H,2,8-9H2,1H3. The maximum Gasteiger partial charge on any atom is 0.279 e. The molecule has 0 fully saturated rings. The predicted molar refractivity (Wildman–Crippen MR) is 108 cm³/mol. The van der Waals surface area contributed by atoms with Crippen LogP contribution in [0.3, 0.4) is 0 Å². The van der Waals surface area contributed by atoms with E-state index in [0.29, 0.717) is 45.2 Å². The van der Waals surface area contributed by atoms with Gasteiger partial charge in [0.15, 0.2) is 4.80 Å². The molecular formula is C18H15Cl3N2O2S. The normalized spacial score (nSPS) is 12.1. The van der Waals surface area contributed by atoms with Gasteiger partial charge in [0.25, 0.3) is 5.91 Å². The Morgan fingerprint density at radius 1 is 1.23 bits per heavy atom. The van der Waals surface area contributed by atoms with Crippen molar-refractivity contribution >= 4 is 62.3 Å². The van der Waals surface area contributed by atoms with Gasteiger partial charge in [-0.2, -0.15) is 4.99 Å². The van der Waals surface area contributed by atoms with Crippen molar-refractivity contribution in [2.45, 2.75) is 13.5 Å². The lowest BCUT2D eigenvalue weighted by atomic mass is 10.2. The van der Waals surface area contributed by atoms with Crippen LogP contribution in [0.5, 0.6) is 0 Å². The zero-order valence-electron chi connectivity index (χ0n) is 13.8. The van der Waals surface area contributed by atoms with Gasteiger partial charge in [0, 0.05) is 23.7 Å². The fourth-order valence-corrected chi connectivity index (χ4v) is 4.20. The van der Waals surface area contributed by atoms with Gasteiger partial charge < -0.3 is 9.30 Å². The minimum atomic E-state index is -0.369. The minimum Gasteiger partial charge on any atom is -0.380 e. The summed E-state index contributed by atoms with van der Waals surface area (Å²) in [5.74, 6) is -0.369. The SMILES string of the molecule is CCOCCn1c(=NC(=O)c2cccc(Cl)c2)sc2ccc(Cl)c(Cl)c21. The van der Waals surface area contributed by atoms with Crippen molar-refractivity contribution in [3.63, 3.8) is 0 Å². The number of rotatable bonds is 5. The summed E-state index contributed by atoms with van der Waals surface area (Å²) in [6.07, 6.45) is 0. The number of ether oxygens (including phenoxy) is 1. The van der Waals surface area contributed by atoms with Crippen molar-refractivity contribution in [2.75, 3.05) is 13.2 Å². The van der Waals surface area contributed by atoms with E-state index >= 15 is 0 Å². The molecule has 0 bridgehead atoms. The van der Waals surface area contributed by atoms with Crippen LogP contribution in [0.25, 0.3) is 10.2 Å². The van der Waals surface area contributed by atoms with Crippen molar-refractivity contribution in [3.8, 4) is 0 Å². The van der Waals surface area contributed by atoms with E-state index in [1.54, 1.807) is 30.3 Å². The molecule has 0 aliphatic heterocycles. The van der Waals surface area contributed by atoms with E-state index in [4.69, 9.17) is 39.5 Å². The minimum absolute atomic E-state index is 0.369. The van der Waals surface area contributed by atoms with Crippen molar-refractivity contribution in [2.24, 2.45) is 4.99 Å². The Balaban J connectivity index is 2.13. The van der Waals surface area contributed by atoms with E-state index in [2.05, 4.69) is 4.99 Å². The van der Waals surface area contributed by atoms with Crippen LogP contribution in [-0.2, 0) is 11.3 Å². The molecule has 0 atom stereocenters. The highest BCUT2D eigenvalue weighted by Gasteiger charge is 2.14. The number of hydrogen-bond acceptors (Lipinski definition) is 3. The fourth-order valence-electron chi connectivity index (χ4n) is 2.47. The Labute approximate surface area is 169 Å². The summed E-state index contributed by atoms with van der Waals surface area (Å²) in [7, 11) is 0. The summed E-state index contributed by atoms with van der Waals surface area (Å²) in [5, 5.41) is 1.38. The second-order valence-electron chi connectivity index (χ2n) is 5.37. The van der Waals surface area contributed by atoms with Gasteiger partial charge in [-0.25, -0.2) is 0 Å². The molecule has 4 nitrogen and oxygen atoms in total. The Morgan fingerprint density at radius 3 is 2.77 bits per heavy atom. The van der Waals surface area contributed by atoms with Gasteiger partial charge in [0.1, 0.15) is 0 Å². The van der Waals surface area contributed by atoms with Crippen LogP contribution in [0.1, 0.15) is 17.3 Å². The first-order chi connectivity index (χ1) is 12.5. The average Bonchev–Trinajstić information content (AvgIpc) is 2.96. The number of benzene rings is 2. The monoisotopic (exact) mass is 428 g/mol. The highest BCUT2D eigenvalue weighted by molar-refractivity contribution is 7.16. The molecule has 0 unspecified atom stereocenters. The highest BCUT2D eigenvalue weighted by atomic mass is 35.5. The van der Waals surface area contributed by atoms with Gasteiger partial charge in [-0.15, -0.1) is 0 Å². The first-order valence-electron chi connectivity index (χ1n) is 7.91. The van der Waals surface area contributed by atoms with Crippen LogP contribution in [-0.4, -0.2) is 23.7 Å². The van der Waals surface area contributed by atoms with Crippen molar-refractivity contribution < 1.29 is 9.53 Å². The van der Waals surface area contributed by atoms with Crippen LogP contribution in [0.2, 0.25) is 15.1 Å². The smallest absolute Gasteiger partial charge is 0.279 e. The molecule has 8 heteroatoms. The van der Waals surface area contributed by atoms with E-state index in [1.807, 2.05) is 17.6 Å². The summed E-state index contributed by atoms with van der Waals surface area (Å²) >= 11 is 19.9. The number of hydrogen-bond donors (Lipinski definition) is 0. The van der Waals surface area contributed by atoms with E-state index in [9.17, 15) is 4.79 Å². The third-order valence-electron chi connectivity index (χ3n) is 3.67. The maximum absolute atomic E-state index is 12.6. The second-order valence-corrected chi connectivity index (χ2v) is 7.60. The molecule has 1 heterocycles. The molecule has 0 aliphatic carbocycles. The number of thiazole rings is 1. The van der Waals surface area contributed by atoms with E-state index in [-0.39, 0.29) is 5.91 Å². The number of fused-ring (bicyclic) bond motifs is 1. The molecule has 3 rings (SSSR count). The number of carbonyl (C=O) groups is 1. The Kier molecular flexibility index (Phi) is 6.37. The third kappa shape index (κ3) is 4.13. The van der Waals surface area contributed by atoms with Crippen LogP contribution in [0.15, 0.2) is 41.4 Å². The first-order valence-corrected chi connectivity index (χ1v) is 9.86. The lowest BCUT2D eigenvalue weighted by molar-refractivity contribution is 0.0996. The molecule has 26 heavy (non-hydrogen) atoms. The quantitative estimate of drug-likeness (QED) is 0.507. The Hall–Kier alpha value is -1.37. The molecule has 136 valence electrons. The van der Waals surface area contributed by atoms with Gasteiger partial charge in [-0.05, 0) is 37.3 Å². The van der Waals surface area contributed by atoms with E-state index < -0.39 is 0 Å². The predicted octanol–water partition coefficient (Wildman–Crippen LogP) is 5.44. The zero-order chi connectivity index (χ0) is 18.7. The number of halogens is 3. The highest BCUT2D eigenvalue weighted by Crippen LogP contribution is 2.32. The topological polar surface area (TPSA) is 43.6 Å². The fraction of sp³-hybridized carbons (Fsp3) is 0.222. The number of amides is 1. The first kappa shape index (κ1) is 19.4. The third-order valence-corrected chi connectivity index (χ3v) is 5.74. The number of nitrogens with zero attached hydrogens (tertiary/aromatic N) is 2. The molecule has 0 spiro atoms. The summed E-state index contributed by atoms with van der Waals surface area (Å²) < 4.78 is 8.21. The van der Waals surface area contributed by atoms with Gasteiger partial charge in [-0.3, -0.25) is 4.79 Å². The molecule has 0 aliphatic rings. The van der Waals surface area contributed by atoms with E-state index in [1.165, 1.54) is 11.3 Å². The molecule has 0 saturated carbocycles. The summed E-state index contributed by atoms with van der Waals surface area (Å²) in [5.41, 5.74) is 1.18. The summed E-state index contributed by atoms with van der Waals surface area (Å²) in [6.45, 7) is 3.51. The van der Waals surface area contributed by atoms with Crippen LogP contribution in [0.4, 0.5) is 0 Å². The maximum atomic E-state index is 12.6. The average molecular weight is 430 g/mol. The second kappa shape index (κ2) is 8.55. The van der Waals surface area contributed by atoms with Gasteiger partial charge in [-0.1, -0.05) is 52.2 Å². The van der Waals surface area contributed by atoms with Crippen LogP contribution < -0.4 is 4.80 Å².